The van der Waals surface area contributed by atoms with Crippen LogP contribution in [0.25, 0.3) is 10.8 Å². The lowest BCUT2D eigenvalue weighted by Gasteiger charge is -2.34. The average Bonchev–Trinajstić information content (AvgIpc) is 2.71. The van der Waals surface area contributed by atoms with Crippen molar-refractivity contribution in [3.8, 4) is 0 Å². The van der Waals surface area contributed by atoms with Gasteiger partial charge in [0.15, 0.2) is 0 Å². The number of carbonyl (C=O) groups is 4. The Morgan fingerprint density at radius 1 is 0.793 bits per heavy atom. The highest BCUT2D eigenvalue weighted by molar-refractivity contribution is 6.23. The van der Waals surface area contributed by atoms with Crippen LogP contribution >= 0.6 is 0 Å². The summed E-state index contributed by atoms with van der Waals surface area (Å²) in [7, 11) is 0. The second kappa shape index (κ2) is 7.20. The van der Waals surface area contributed by atoms with Crippen LogP contribution < -0.4 is 16.0 Å². The standard InChI is InChI=1S/C22H17N3O4/c26-18(13-14-10-11-15-6-4-5-7-16(15)12-14)25-22(17-8-2-1-3-9-17)19(27)23-21(29)24-20(22)28/h1-12H,13H2,(H,25,26)(H2,23,24,27,28,29). The van der Waals surface area contributed by atoms with Gasteiger partial charge in [-0.2, -0.15) is 0 Å². The molecule has 3 aromatic rings. The summed E-state index contributed by atoms with van der Waals surface area (Å²) in [5.41, 5.74) is -1.03. The smallest absolute Gasteiger partial charge is 0.328 e. The van der Waals surface area contributed by atoms with Crippen molar-refractivity contribution in [2.24, 2.45) is 0 Å². The summed E-state index contributed by atoms with van der Waals surface area (Å²) in [6.07, 6.45) is -0.0338. The van der Waals surface area contributed by atoms with E-state index < -0.39 is 29.3 Å². The van der Waals surface area contributed by atoms with Crippen molar-refractivity contribution < 1.29 is 19.2 Å². The van der Waals surface area contributed by atoms with Crippen molar-refractivity contribution in [2.45, 2.75) is 12.0 Å². The molecular formula is C22H17N3O4. The number of hydrogen-bond acceptors (Lipinski definition) is 4. The van der Waals surface area contributed by atoms with Gasteiger partial charge in [0.25, 0.3) is 11.8 Å². The molecular weight excluding hydrogens is 370 g/mol. The summed E-state index contributed by atoms with van der Waals surface area (Å²) in [5, 5.41) is 8.71. The first-order valence-electron chi connectivity index (χ1n) is 9.00. The molecule has 3 N–H and O–H groups in total. The van der Waals surface area contributed by atoms with Gasteiger partial charge in [-0.15, -0.1) is 0 Å². The van der Waals surface area contributed by atoms with Crippen LogP contribution in [0.5, 0.6) is 0 Å². The lowest BCUT2D eigenvalue weighted by atomic mass is 9.86. The van der Waals surface area contributed by atoms with E-state index in [1.807, 2.05) is 42.5 Å². The number of carbonyl (C=O) groups excluding carboxylic acids is 4. The molecule has 1 saturated heterocycles. The monoisotopic (exact) mass is 387 g/mol. The van der Waals surface area contributed by atoms with Crippen molar-refractivity contribution in [2.75, 3.05) is 0 Å². The molecule has 1 heterocycles. The fraction of sp³-hybridized carbons (Fsp3) is 0.0909. The highest BCUT2D eigenvalue weighted by Gasteiger charge is 2.53. The molecule has 1 fully saturated rings. The van der Waals surface area contributed by atoms with E-state index in [4.69, 9.17) is 0 Å². The minimum absolute atomic E-state index is 0.0338. The fourth-order valence-electron chi connectivity index (χ4n) is 3.45. The maximum atomic E-state index is 12.8. The summed E-state index contributed by atoms with van der Waals surface area (Å²) in [4.78, 5) is 49.7. The first-order chi connectivity index (χ1) is 14.0. The predicted molar refractivity (Wildman–Crippen MR) is 106 cm³/mol. The van der Waals surface area contributed by atoms with Crippen LogP contribution in [0.4, 0.5) is 4.79 Å². The Kier molecular flexibility index (Phi) is 4.56. The molecule has 29 heavy (non-hydrogen) atoms. The van der Waals surface area contributed by atoms with Gasteiger partial charge in [-0.25, -0.2) is 4.79 Å². The summed E-state index contributed by atoms with van der Waals surface area (Å²) in [5.74, 6) is -2.32. The van der Waals surface area contributed by atoms with Gasteiger partial charge in [0.2, 0.25) is 11.4 Å². The van der Waals surface area contributed by atoms with Gasteiger partial charge in [-0.3, -0.25) is 25.0 Å². The second-order valence-corrected chi connectivity index (χ2v) is 6.76. The molecule has 4 rings (SSSR count). The Balaban J connectivity index is 1.65. The Labute approximate surface area is 166 Å². The zero-order valence-electron chi connectivity index (χ0n) is 15.3. The van der Waals surface area contributed by atoms with Gasteiger partial charge in [0, 0.05) is 0 Å². The van der Waals surface area contributed by atoms with Crippen LogP contribution in [0.3, 0.4) is 0 Å². The highest BCUT2D eigenvalue weighted by atomic mass is 16.2. The molecule has 0 spiro atoms. The summed E-state index contributed by atoms with van der Waals surface area (Å²) < 4.78 is 0. The van der Waals surface area contributed by atoms with Crippen molar-refractivity contribution in [1.82, 2.24) is 16.0 Å². The van der Waals surface area contributed by atoms with E-state index in [0.717, 1.165) is 16.3 Å². The van der Waals surface area contributed by atoms with Crippen LogP contribution in [-0.4, -0.2) is 23.8 Å². The van der Waals surface area contributed by atoms with Crippen molar-refractivity contribution >= 4 is 34.5 Å². The molecule has 0 radical (unpaired) electrons. The second-order valence-electron chi connectivity index (χ2n) is 6.76. The lowest BCUT2D eigenvalue weighted by molar-refractivity contribution is -0.144. The van der Waals surface area contributed by atoms with Gasteiger partial charge >= 0.3 is 6.03 Å². The minimum atomic E-state index is -2.02. The number of benzene rings is 3. The van der Waals surface area contributed by atoms with Crippen LogP contribution in [0.2, 0.25) is 0 Å². The van der Waals surface area contributed by atoms with E-state index in [0.29, 0.717) is 0 Å². The number of urea groups is 1. The molecule has 0 aromatic heterocycles. The quantitative estimate of drug-likeness (QED) is 0.594. The predicted octanol–water partition coefficient (Wildman–Crippen LogP) is 1.76. The van der Waals surface area contributed by atoms with Gasteiger partial charge in [-0.1, -0.05) is 72.8 Å². The van der Waals surface area contributed by atoms with E-state index in [-0.39, 0.29) is 12.0 Å². The number of rotatable bonds is 4. The zero-order chi connectivity index (χ0) is 20.4. The number of fused-ring (bicyclic) bond motifs is 1. The molecule has 7 nitrogen and oxygen atoms in total. The number of imide groups is 2. The fourth-order valence-corrected chi connectivity index (χ4v) is 3.45. The normalized spacial score (nSPS) is 15.5. The van der Waals surface area contributed by atoms with E-state index in [1.54, 1.807) is 30.3 Å². The molecule has 0 atom stereocenters. The molecule has 3 aromatic carbocycles. The molecule has 0 bridgehead atoms. The van der Waals surface area contributed by atoms with Crippen LogP contribution in [0.1, 0.15) is 11.1 Å². The Hall–Kier alpha value is -4.00. The molecule has 0 aliphatic carbocycles. The third kappa shape index (κ3) is 3.34. The Bertz CT molecular complexity index is 1120. The highest BCUT2D eigenvalue weighted by Crippen LogP contribution is 2.25. The van der Waals surface area contributed by atoms with Crippen molar-refractivity contribution in [3.05, 3.63) is 83.9 Å². The Morgan fingerprint density at radius 3 is 2.10 bits per heavy atom. The SMILES string of the molecule is O=C(Cc1ccc2ccccc2c1)NC1(c2ccccc2)C(=O)NC(=O)NC1=O. The van der Waals surface area contributed by atoms with E-state index in [1.165, 1.54) is 0 Å². The van der Waals surface area contributed by atoms with Crippen molar-refractivity contribution in [3.63, 3.8) is 0 Å². The first-order valence-corrected chi connectivity index (χ1v) is 9.00. The topological polar surface area (TPSA) is 104 Å². The Morgan fingerprint density at radius 2 is 1.41 bits per heavy atom. The molecule has 5 amide bonds. The number of nitrogens with one attached hydrogen (secondary N) is 3. The largest absolute Gasteiger partial charge is 0.330 e. The van der Waals surface area contributed by atoms with Crippen LogP contribution in [-0.2, 0) is 26.3 Å². The molecule has 1 aliphatic heterocycles. The van der Waals surface area contributed by atoms with Crippen LogP contribution in [0, 0.1) is 0 Å². The summed E-state index contributed by atoms with van der Waals surface area (Å²) in [6.45, 7) is 0. The summed E-state index contributed by atoms with van der Waals surface area (Å²) >= 11 is 0. The number of amides is 5. The molecule has 0 unspecified atom stereocenters. The third-order valence-corrected chi connectivity index (χ3v) is 4.85. The van der Waals surface area contributed by atoms with E-state index >= 15 is 0 Å². The van der Waals surface area contributed by atoms with Crippen molar-refractivity contribution in [1.29, 1.82) is 0 Å². The maximum Gasteiger partial charge on any atom is 0.328 e. The van der Waals surface area contributed by atoms with Gasteiger partial charge in [-0.05, 0) is 21.9 Å². The van der Waals surface area contributed by atoms with Crippen LogP contribution in [0.15, 0.2) is 72.8 Å². The number of hydrogen-bond donors (Lipinski definition) is 3. The summed E-state index contributed by atoms with van der Waals surface area (Å²) in [6, 6.07) is 20.5. The van der Waals surface area contributed by atoms with Gasteiger partial charge in [0.05, 0.1) is 6.42 Å². The van der Waals surface area contributed by atoms with E-state index in [9.17, 15) is 19.2 Å². The molecule has 144 valence electrons. The molecule has 0 saturated carbocycles. The molecule has 1 aliphatic rings. The van der Waals surface area contributed by atoms with Gasteiger partial charge < -0.3 is 5.32 Å². The molecule has 7 heteroatoms. The maximum absolute atomic E-state index is 12.8. The average molecular weight is 387 g/mol. The lowest BCUT2D eigenvalue weighted by Crippen LogP contribution is -2.71. The first kappa shape index (κ1) is 18.4. The minimum Gasteiger partial charge on any atom is -0.330 e. The third-order valence-electron chi connectivity index (χ3n) is 4.85. The zero-order valence-corrected chi connectivity index (χ0v) is 15.3. The van der Waals surface area contributed by atoms with Gasteiger partial charge in [0.1, 0.15) is 0 Å². The van der Waals surface area contributed by atoms with E-state index in [2.05, 4.69) is 16.0 Å². The number of barbiturate groups is 1.